The molecule has 5 heteroatoms. The summed E-state index contributed by atoms with van der Waals surface area (Å²) in [4.78, 5) is 15.3. The zero-order valence-electron chi connectivity index (χ0n) is 10.2. The first kappa shape index (κ1) is 12.1. The molecular weight excluding hydrogens is 230 g/mol. The number of carboxylic acids is 1. The van der Waals surface area contributed by atoms with E-state index in [0.29, 0.717) is 17.0 Å². The van der Waals surface area contributed by atoms with E-state index < -0.39 is 11.4 Å². The van der Waals surface area contributed by atoms with Crippen molar-refractivity contribution in [1.82, 2.24) is 9.38 Å². The van der Waals surface area contributed by atoms with Crippen LogP contribution in [0.2, 0.25) is 0 Å². The van der Waals surface area contributed by atoms with E-state index in [0.717, 1.165) is 0 Å². The summed E-state index contributed by atoms with van der Waals surface area (Å²) in [7, 11) is 0. The molecule has 0 saturated heterocycles. The third kappa shape index (κ3) is 1.93. The van der Waals surface area contributed by atoms with Crippen LogP contribution in [0.1, 0.15) is 25.4 Å². The molecule has 0 atom stereocenters. The number of nitrogens with zero attached hydrogens (tertiary/aromatic N) is 3. The van der Waals surface area contributed by atoms with E-state index in [9.17, 15) is 4.79 Å². The van der Waals surface area contributed by atoms with Crippen molar-refractivity contribution in [3.63, 3.8) is 0 Å². The standard InChI is InChI=1S/C13H13N3O2/c1-13(2,12(17)18)7-11-15-9(8-14)10-5-3-4-6-16(10)11/h3-6H,7H2,1-2H3,(H,17,18). The van der Waals surface area contributed by atoms with E-state index in [1.54, 1.807) is 30.5 Å². The number of pyridine rings is 1. The van der Waals surface area contributed by atoms with Gasteiger partial charge in [0.1, 0.15) is 11.9 Å². The van der Waals surface area contributed by atoms with E-state index in [4.69, 9.17) is 10.4 Å². The van der Waals surface area contributed by atoms with Crippen LogP contribution in [0.5, 0.6) is 0 Å². The molecule has 0 aliphatic rings. The van der Waals surface area contributed by atoms with Crippen molar-refractivity contribution in [3.8, 4) is 6.07 Å². The highest BCUT2D eigenvalue weighted by atomic mass is 16.4. The number of carboxylic acid groups (broad SMARTS) is 1. The first-order valence-corrected chi connectivity index (χ1v) is 5.55. The summed E-state index contributed by atoms with van der Waals surface area (Å²) in [5.74, 6) is -0.289. The van der Waals surface area contributed by atoms with Crippen molar-refractivity contribution in [1.29, 1.82) is 5.26 Å². The molecule has 0 aliphatic carbocycles. The second kappa shape index (κ2) is 4.15. The average molecular weight is 243 g/mol. The molecule has 0 amide bonds. The van der Waals surface area contributed by atoms with Crippen LogP contribution < -0.4 is 0 Å². The normalized spacial score (nSPS) is 11.4. The molecule has 0 aliphatic heterocycles. The van der Waals surface area contributed by atoms with Crippen LogP contribution in [-0.4, -0.2) is 20.5 Å². The lowest BCUT2D eigenvalue weighted by atomic mass is 9.89. The predicted octanol–water partition coefficient (Wildman–Crippen LogP) is 1.86. The summed E-state index contributed by atoms with van der Waals surface area (Å²) in [5.41, 5.74) is 0.118. The van der Waals surface area contributed by atoms with Gasteiger partial charge in [0.15, 0.2) is 5.69 Å². The van der Waals surface area contributed by atoms with Gasteiger partial charge in [-0.3, -0.25) is 4.79 Å². The molecule has 2 rings (SSSR count). The molecule has 92 valence electrons. The van der Waals surface area contributed by atoms with Gasteiger partial charge in [0.2, 0.25) is 0 Å². The summed E-state index contributed by atoms with van der Waals surface area (Å²) in [6, 6.07) is 7.47. The van der Waals surface area contributed by atoms with Gasteiger partial charge in [0.05, 0.1) is 10.9 Å². The van der Waals surface area contributed by atoms with Gasteiger partial charge in [-0.05, 0) is 26.0 Å². The average Bonchev–Trinajstić information content (AvgIpc) is 2.67. The van der Waals surface area contributed by atoms with E-state index in [1.807, 2.05) is 18.2 Å². The van der Waals surface area contributed by atoms with Crippen molar-refractivity contribution < 1.29 is 9.90 Å². The minimum absolute atomic E-state index is 0.273. The molecule has 18 heavy (non-hydrogen) atoms. The van der Waals surface area contributed by atoms with Crippen molar-refractivity contribution in [2.24, 2.45) is 5.41 Å². The van der Waals surface area contributed by atoms with Crippen molar-refractivity contribution in [2.75, 3.05) is 0 Å². The SMILES string of the molecule is CC(C)(Cc1nc(C#N)c2ccccn12)C(=O)O. The van der Waals surface area contributed by atoms with Crippen LogP contribution in [0.15, 0.2) is 24.4 Å². The summed E-state index contributed by atoms with van der Waals surface area (Å²) >= 11 is 0. The largest absolute Gasteiger partial charge is 0.481 e. The topological polar surface area (TPSA) is 78.4 Å². The maximum atomic E-state index is 11.1. The monoisotopic (exact) mass is 243 g/mol. The Morgan fingerprint density at radius 2 is 2.28 bits per heavy atom. The number of imidazole rings is 1. The fraction of sp³-hybridized carbons (Fsp3) is 0.308. The van der Waals surface area contributed by atoms with Crippen molar-refractivity contribution >= 4 is 11.5 Å². The van der Waals surface area contributed by atoms with Gasteiger partial charge in [-0.2, -0.15) is 5.26 Å². The highest BCUT2D eigenvalue weighted by molar-refractivity contribution is 5.74. The number of aromatic nitrogens is 2. The van der Waals surface area contributed by atoms with E-state index >= 15 is 0 Å². The number of aliphatic carboxylic acids is 1. The Morgan fingerprint density at radius 1 is 1.56 bits per heavy atom. The quantitative estimate of drug-likeness (QED) is 0.892. The Morgan fingerprint density at radius 3 is 2.89 bits per heavy atom. The maximum absolute atomic E-state index is 11.1. The Bertz CT molecular complexity index is 650. The summed E-state index contributed by atoms with van der Waals surface area (Å²) in [6.07, 6.45) is 2.06. The molecule has 2 aromatic rings. The molecule has 2 aromatic heterocycles. The Kier molecular flexibility index (Phi) is 2.79. The number of hydrogen-bond acceptors (Lipinski definition) is 3. The first-order chi connectivity index (χ1) is 8.45. The third-order valence-corrected chi connectivity index (χ3v) is 2.91. The molecule has 2 heterocycles. The molecule has 0 saturated carbocycles. The highest BCUT2D eigenvalue weighted by Gasteiger charge is 2.29. The van der Waals surface area contributed by atoms with E-state index in [1.165, 1.54) is 0 Å². The van der Waals surface area contributed by atoms with E-state index in [-0.39, 0.29) is 6.42 Å². The maximum Gasteiger partial charge on any atom is 0.309 e. The van der Waals surface area contributed by atoms with Gasteiger partial charge in [-0.1, -0.05) is 6.07 Å². The molecule has 0 spiro atoms. The van der Waals surface area contributed by atoms with Gasteiger partial charge in [-0.25, -0.2) is 4.98 Å². The summed E-state index contributed by atoms with van der Waals surface area (Å²) in [5, 5.41) is 18.2. The van der Waals surface area contributed by atoms with Gasteiger partial charge < -0.3 is 9.51 Å². The van der Waals surface area contributed by atoms with Crippen LogP contribution in [0.4, 0.5) is 0 Å². The summed E-state index contributed by atoms with van der Waals surface area (Å²) in [6.45, 7) is 3.29. The first-order valence-electron chi connectivity index (χ1n) is 5.55. The third-order valence-electron chi connectivity index (χ3n) is 2.91. The molecule has 1 N–H and O–H groups in total. The van der Waals surface area contributed by atoms with Crippen molar-refractivity contribution in [2.45, 2.75) is 20.3 Å². The van der Waals surface area contributed by atoms with Crippen LogP contribution in [0, 0.1) is 16.7 Å². The van der Waals surface area contributed by atoms with Gasteiger partial charge >= 0.3 is 5.97 Å². The Balaban J connectivity index is 2.53. The Labute approximate surface area is 104 Å². The molecule has 0 radical (unpaired) electrons. The Hall–Kier alpha value is -2.35. The fourth-order valence-electron chi connectivity index (χ4n) is 1.78. The van der Waals surface area contributed by atoms with E-state index in [2.05, 4.69) is 4.98 Å². The van der Waals surface area contributed by atoms with Crippen molar-refractivity contribution in [3.05, 3.63) is 35.9 Å². The van der Waals surface area contributed by atoms with Gasteiger partial charge in [0, 0.05) is 12.6 Å². The zero-order valence-corrected chi connectivity index (χ0v) is 10.2. The minimum atomic E-state index is -0.913. The lowest BCUT2D eigenvalue weighted by molar-refractivity contribution is -0.146. The van der Waals surface area contributed by atoms with Crippen LogP contribution in [0.25, 0.3) is 5.52 Å². The highest BCUT2D eigenvalue weighted by Crippen LogP contribution is 2.23. The molecule has 0 aromatic carbocycles. The van der Waals surface area contributed by atoms with Gasteiger partial charge in [-0.15, -0.1) is 0 Å². The van der Waals surface area contributed by atoms with Crippen LogP contribution in [0.3, 0.4) is 0 Å². The number of hydrogen-bond donors (Lipinski definition) is 1. The second-order valence-corrected chi connectivity index (χ2v) is 4.81. The minimum Gasteiger partial charge on any atom is -0.481 e. The zero-order chi connectivity index (χ0) is 13.3. The molecule has 0 bridgehead atoms. The smallest absolute Gasteiger partial charge is 0.309 e. The fourth-order valence-corrected chi connectivity index (χ4v) is 1.78. The molecular formula is C13H13N3O2. The number of carbonyl (C=O) groups is 1. The second-order valence-electron chi connectivity index (χ2n) is 4.81. The lowest BCUT2D eigenvalue weighted by Gasteiger charge is -2.17. The number of rotatable bonds is 3. The lowest BCUT2D eigenvalue weighted by Crippen LogP contribution is -2.27. The predicted molar refractivity (Wildman–Crippen MR) is 65.0 cm³/mol. The summed E-state index contributed by atoms with van der Waals surface area (Å²) < 4.78 is 1.77. The van der Waals surface area contributed by atoms with Crippen LogP contribution in [-0.2, 0) is 11.2 Å². The number of fused-ring (bicyclic) bond motifs is 1. The molecule has 5 nitrogen and oxygen atoms in total. The van der Waals surface area contributed by atoms with Crippen LogP contribution >= 0.6 is 0 Å². The molecule has 0 unspecified atom stereocenters. The molecule has 0 fully saturated rings. The number of nitriles is 1. The van der Waals surface area contributed by atoms with Gasteiger partial charge in [0.25, 0.3) is 0 Å².